The number of ether oxygens (including phenoxy) is 1. The molecule has 0 bridgehead atoms. The predicted molar refractivity (Wildman–Crippen MR) is 133 cm³/mol. The summed E-state index contributed by atoms with van der Waals surface area (Å²) in [5.41, 5.74) is 3.84. The minimum Gasteiger partial charge on any atom is -0.490 e. The molecule has 0 aliphatic heterocycles. The Morgan fingerprint density at radius 2 is 1.88 bits per heavy atom. The summed E-state index contributed by atoms with van der Waals surface area (Å²) in [5.74, 6) is 0.762. The van der Waals surface area contributed by atoms with Gasteiger partial charge in [0.1, 0.15) is 17.0 Å². The number of carbonyl (C=O) groups excluding carboxylic acids is 1. The van der Waals surface area contributed by atoms with E-state index in [1.54, 1.807) is 6.07 Å². The van der Waals surface area contributed by atoms with Crippen molar-refractivity contribution in [2.45, 2.75) is 59.0 Å². The van der Waals surface area contributed by atoms with Gasteiger partial charge in [0.15, 0.2) is 5.76 Å². The number of carbonyl (C=O) groups is 1. The summed E-state index contributed by atoms with van der Waals surface area (Å²) in [6.07, 6.45) is 5.98. The minimum atomic E-state index is -0.844. The lowest BCUT2D eigenvalue weighted by Gasteiger charge is -2.28. The molecule has 6 heteroatoms. The van der Waals surface area contributed by atoms with Crippen LogP contribution in [0.3, 0.4) is 0 Å². The Balaban J connectivity index is 1.67. The Hall–Kier alpha value is -3.54. The molecule has 6 nitrogen and oxygen atoms in total. The number of amides is 1. The number of nitrogens with zero attached hydrogens (tertiary/aromatic N) is 2. The van der Waals surface area contributed by atoms with Gasteiger partial charge < -0.3 is 9.15 Å². The van der Waals surface area contributed by atoms with Gasteiger partial charge in [0.05, 0.1) is 22.6 Å². The smallest absolute Gasteiger partial charge is 0.317 e. The van der Waals surface area contributed by atoms with Gasteiger partial charge in [-0.15, -0.1) is 4.91 Å². The number of rotatable bonds is 5. The van der Waals surface area contributed by atoms with Crippen LogP contribution in [0.2, 0.25) is 0 Å². The number of pyridine rings is 1. The molecule has 0 spiro atoms. The second-order valence-electron chi connectivity index (χ2n) is 9.33. The van der Waals surface area contributed by atoms with E-state index >= 15 is 0 Å². The normalized spacial score (nSPS) is 15.5. The Labute approximate surface area is 198 Å². The Morgan fingerprint density at radius 1 is 1.12 bits per heavy atom. The number of benzene rings is 2. The van der Waals surface area contributed by atoms with Crippen LogP contribution in [0.25, 0.3) is 33.3 Å². The lowest BCUT2D eigenvalue weighted by molar-refractivity contribution is 0.100. The lowest BCUT2D eigenvalue weighted by atomic mass is 9.86. The van der Waals surface area contributed by atoms with E-state index in [-0.39, 0.29) is 11.7 Å². The number of aromatic nitrogens is 1. The SMILES string of the molecule is Cc1c(-c2cc(C(=O)N=O)c3c(O[C@H](C)C4CCCCC4)ccc(C)c3n2)oc2ccccc12. The maximum atomic E-state index is 12.7. The Morgan fingerprint density at radius 3 is 2.62 bits per heavy atom. The molecular weight excluding hydrogens is 428 g/mol. The van der Waals surface area contributed by atoms with E-state index in [0.29, 0.717) is 34.0 Å². The molecule has 1 aliphatic rings. The molecule has 0 radical (unpaired) electrons. The number of hydrogen-bond acceptors (Lipinski definition) is 5. The van der Waals surface area contributed by atoms with Crippen LogP contribution < -0.4 is 4.74 Å². The summed E-state index contributed by atoms with van der Waals surface area (Å²) < 4.78 is 12.5. The molecule has 0 N–H and O–H groups in total. The first-order valence-corrected chi connectivity index (χ1v) is 11.9. The standard InChI is InChI=1S/C28H28N2O4/c1-16-13-14-24(33-18(3)19-9-5-4-6-10-19)25-21(28(31)30-32)15-22(29-26(16)25)27-17(2)20-11-7-8-12-23(20)34-27/h7-8,11-15,18-19H,4-6,9-10H2,1-3H3/t18-/m1/s1. The van der Waals surface area contributed by atoms with E-state index in [1.165, 1.54) is 19.3 Å². The maximum absolute atomic E-state index is 12.7. The van der Waals surface area contributed by atoms with Gasteiger partial charge in [0.25, 0.3) is 0 Å². The third kappa shape index (κ3) is 3.87. The van der Waals surface area contributed by atoms with Gasteiger partial charge in [-0.3, -0.25) is 4.79 Å². The lowest BCUT2D eigenvalue weighted by Crippen LogP contribution is -2.26. The van der Waals surface area contributed by atoms with Gasteiger partial charge in [-0.25, -0.2) is 4.98 Å². The molecule has 2 heterocycles. The van der Waals surface area contributed by atoms with Crippen molar-refractivity contribution >= 4 is 27.8 Å². The van der Waals surface area contributed by atoms with Crippen LogP contribution >= 0.6 is 0 Å². The van der Waals surface area contributed by atoms with Crippen molar-refractivity contribution in [3.05, 3.63) is 64.1 Å². The third-order valence-corrected chi connectivity index (χ3v) is 7.14. The average molecular weight is 457 g/mol. The van der Waals surface area contributed by atoms with Crippen molar-refractivity contribution in [2.75, 3.05) is 0 Å². The first-order valence-electron chi connectivity index (χ1n) is 11.9. The fourth-order valence-electron chi connectivity index (χ4n) is 5.19. The monoisotopic (exact) mass is 456 g/mol. The first-order chi connectivity index (χ1) is 16.5. The summed E-state index contributed by atoms with van der Waals surface area (Å²) >= 11 is 0. The van der Waals surface area contributed by atoms with Crippen LogP contribution in [0.1, 0.15) is 60.5 Å². The van der Waals surface area contributed by atoms with Crippen molar-refractivity contribution in [1.82, 2.24) is 4.98 Å². The fourth-order valence-corrected chi connectivity index (χ4v) is 5.19. The molecule has 1 fully saturated rings. The maximum Gasteiger partial charge on any atom is 0.317 e. The van der Waals surface area contributed by atoms with Gasteiger partial charge in [0, 0.05) is 16.1 Å². The second kappa shape index (κ2) is 9.01. The molecule has 0 unspecified atom stereocenters. The zero-order chi connectivity index (χ0) is 23.8. The zero-order valence-corrected chi connectivity index (χ0v) is 19.8. The van der Waals surface area contributed by atoms with Crippen LogP contribution in [0.15, 0.2) is 52.1 Å². The van der Waals surface area contributed by atoms with Crippen LogP contribution in [-0.2, 0) is 0 Å². The number of fused-ring (bicyclic) bond motifs is 2. The van der Waals surface area contributed by atoms with Crippen molar-refractivity contribution < 1.29 is 13.9 Å². The molecule has 4 aromatic rings. The summed E-state index contributed by atoms with van der Waals surface area (Å²) in [5, 5.41) is 4.26. The molecule has 1 saturated carbocycles. The molecule has 1 aliphatic carbocycles. The summed E-state index contributed by atoms with van der Waals surface area (Å²) in [4.78, 5) is 29.0. The van der Waals surface area contributed by atoms with Gasteiger partial charge in [-0.1, -0.05) is 43.5 Å². The molecule has 5 rings (SSSR count). The zero-order valence-electron chi connectivity index (χ0n) is 19.8. The van der Waals surface area contributed by atoms with Gasteiger partial charge in [-0.2, -0.15) is 0 Å². The summed E-state index contributed by atoms with van der Waals surface area (Å²) in [7, 11) is 0. The third-order valence-electron chi connectivity index (χ3n) is 7.14. The number of para-hydroxylation sites is 1. The van der Waals surface area contributed by atoms with E-state index in [9.17, 15) is 9.70 Å². The van der Waals surface area contributed by atoms with Crippen molar-refractivity contribution in [3.8, 4) is 17.2 Å². The van der Waals surface area contributed by atoms with E-state index in [0.717, 1.165) is 34.9 Å². The van der Waals surface area contributed by atoms with E-state index < -0.39 is 5.91 Å². The van der Waals surface area contributed by atoms with Crippen LogP contribution in [0, 0.1) is 24.7 Å². The Bertz CT molecular complexity index is 1400. The molecule has 34 heavy (non-hydrogen) atoms. The largest absolute Gasteiger partial charge is 0.490 e. The van der Waals surface area contributed by atoms with E-state index in [2.05, 4.69) is 12.1 Å². The quantitative estimate of drug-likeness (QED) is 0.290. The van der Waals surface area contributed by atoms with Crippen molar-refractivity contribution in [3.63, 3.8) is 0 Å². The second-order valence-corrected chi connectivity index (χ2v) is 9.33. The van der Waals surface area contributed by atoms with E-state index in [4.69, 9.17) is 14.1 Å². The summed E-state index contributed by atoms with van der Waals surface area (Å²) in [6, 6.07) is 13.2. The fraction of sp³-hybridized carbons (Fsp3) is 0.357. The van der Waals surface area contributed by atoms with E-state index in [1.807, 2.05) is 50.2 Å². The highest BCUT2D eigenvalue weighted by molar-refractivity contribution is 6.10. The molecular formula is C28H28N2O4. The number of furan rings is 1. The van der Waals surface area contributed by atoms with Gasteiger partial charge in [0.2, 0.25) is 0 Å². The molecule has 1 amide bonds. The highest BCUT2D eigenvalue weighted by Gasteiger charge is 2.25. The molecule has 174 valence electrons. The molecule has 2 aromatic heterocycles. The molecule has 2 aromatic carbocycles. The van der Waals surface area contributed by atoms with Crippen LogP contribution in [0.4, 0.5) is 0 Å². The molecule has 1 atom stereocenters. The summed E-state index contributed by atoms with van der Waals surface area (Å²) in [6.45, 7) is 5.98. The van der Waals surface area contributed by atoms with Crippen molar-refractivity contribution in [1.29, 1.82) is 0 Å². The molecule has 0 saturated heterocycles. The number of nitroso groups, excluding NO2 is 1. The predicted octanol–water partition coefficient (Wildman–Crippen LogP) is 7.52. The number of aryl methyl sites for hydroxylation is 2. The van der Waals surface area contributed by atoms with Gasteiger partial charge >= 0.3 is 5.91 Å². The van der Waals surface area contributed by atoms with Gasteiger partial charge in [-0.05, 0) is 63.3 Å². The first kappa shape index (κ1) is 22.3. The Kier molecular flexibility index (Phi) is 5.90. The minimum absolute atomic E-state index is 0.00403. The van der Waals surface area contributed by atoms with Crippen LogP contribution in [0.5, 0.6) is 5.75 Å². The highest BCUT2D eigenvalue weighted by atomic mass is 16.5. The number of hydrogen-bond donors (Lipinski definition) is 0. The van der Waals surface area contributed by atoms with Crippen LogP contribution in [-0.4, -0.2) is 17.0 Å². The topological polar surface area (TPSA) is 81.8 Å². The van der Waals surface area contributed by atoms with Crippen molar-refractivity contribution in [2.24, 2.45) is 11.1 Å². The highest BCUT2D eigenvalue weighted by Crippen LogP contribution is 2.38. The average Bonchev–Trinajstić information content (AvgIpc) is 3.21.